The molecule has 3 unspecified atom stereocenters. The van der Waals surface area contributed by atoms with Crippen molar-refractivity contribution >= 4 is 0 Å². The second kappa shape index (κ2) is 6.33. The molecule has 1 aromatic rings. The molecule has 0 spiro atoms. The van der Waals surface area contributed by atoms with Crippen molar-refractivity contribution < 1.29 is 0 Å². The van der Waals surface area contributed by atoms with Crippen LogP contribution in [0.2, 0.25) is 0 Å². The largest absolute Gasteiger partial charge is 0.310 e. The number of nitrogens with zero attached hydrogens (tertiary/aromatic N) is 1. The number of nitrogens with one attached hydrogen (secondary N) is 1. The molecule has 0 aliphatic heterocycles. The zero-order valence-corrected chi connectivity index (χ0v) is 11.9. The first kappa shape index (κ1) is 13.5. The van der Waals surface area contributed by atoms with Crippen molar-refractivity contribution in [2.45, 2.75) is 52.5 Å². The average molecular weight is 246 g/mol. The number of aromatic nitrogens is 1. The lowest BCUT2D eigenvalue weighted by atomic mass is 9.90. The van der Waals surface area contributed by atoms with Crippen LogP contribution >= 0.6 is 0 Å². The second-order valence-corrected chi connectivity index (χ2v) is 5.68. The first-order valence-corrected chi connectivity index (χ1v) is 7.39. The maximum atomic E-state index is 4.36. The first-order valence-electron chi connectivity index (χ1n) is 7.39. The predicted molar refractivity (Wildman–Crippen MR) is 76.5 cm³/mol. The zero-order valence-electron chi connectivity index (χ0n) is 11.9. The van der Waals surface area contributed by atoms with Crippen LogP contribution in [0.1, 0.15) is 56.7 Å². The molecule has 18 heavy (non-hydrogen) atoms. The molecule has 0 amide bonds. The molecule has 3 atom stereocenters. The van der Waals surface area contributed by atoms with Crippen LogP contribution in [0.3, 0.4) is 0 Å². The Kier molecular flexibility index (Phi) is 4.76. The molecule has 1 fully saturated rings. The monoisotopic (exact) mass is 246 g/mol. The summed E-state index contributed by atoms with van der Waals surface area (Å²) >= 11 is 0. The Labute approximate surface area is 111 Å². The molecule has 1 heterocycles. The van der Waals surface area contributed by atoms with E-state index >= 15 is 0 Å². The van der Waals surface area contributed by atoms with Crippen molar-refractivity contribution in [1.29, 1.82) is 0 Å². The zero-order chi connectivity index (χ0) is 13.0. The third-order valence-electron chi connectivity index (χ3n) is 4.31. The van der Waals surface area contributed by atoms with Gasteiger partial charge in [0, 0.05) is 18.4 Å². The lowest BCUT2D eigenvalue weighted by Gasteiger charge is -2.25. The Morgan fingerprint density at radius 1 is 1.33 bits per heavy atom. The van der Waals surface area contributed by atoms with Gasteiger partial charge in [0.25, 0.3) is 0 Å². The van der Waals surface area contributed by atoms with Crippen LogP contribution in [-0.2, 0) is 0 Å². The van der Waals surface area contributed by atoms with E-state index in [2.05, 4.69) is 37.1 Å². The number of aryl methyl sites for hydroxylation is 1. The summed E-state index contributed by atoms with van der Waals surface area (Å²) in [6.45, 7) is 7.68. The summed E-state index contributed by atoms with van der Waals surface area (Å²) in [5.41, 5.74) is 2.64. The van der Waals surface area contributed by atoms with Crippen molar-refractivity contribution in [3.8, 4) is 0 Å². The maximum Gasteiger partial charge on any atom is 0.0364 e. The Morgan fingerprint density at radius 2 is 2.17 bits per heavy atom. The van der Waals surface area contributed by atoms with Gasteiger partial charge in [0.15, 0.2) is 0 Å². The van der Waals surface area contributed by atoms with E-state index in [4.69, 9.17) is 0 Å². The molecular formula is C16H26N2. The van der Waals surface area contributed by atoms with Crippen LogP contribution in [0.25, 0.3) is 0 Å². The summed E-state index contributed by atoms with van der Waals surface area (Å²) in [5.74, 6) is 1.73. The van der Waals surface area contributed by atoms with E-state index < -0.39 is 0 Å². The van der Waals surface area contributed by atoms with Gasteiger partial charge in [-0.1, -0.05) is 32.8 Å². The van der Waals surface area contributed by atoms with E-state index in [0.29, 0.717) is 6.04 Å². The van der Waals surface area contributed by atoms with Crippen molar-refractivity contribution in [2.75, 3.05) is 6.54 Å². The SMILES string of the molecule is CCNC(c1cncc(C)c1)C1CCC(CC)C1. The summed E-state index contributed by atoms with van der Waals surface area (Å²) < 4.78 is 0. The number of pyridine rings is 1. The molecule has 100 valence electrons. The lowest BCUT2D eigenvalue weighted by molar-refractivity contribution is 0.358. The van der Waals surface area contributed by atoms with Crippen molar-refractivity contribution in [3.63, 3.8) is 0 Å². The molecule has 2 nitrogen and oxygen atoms in total. The highest BCUT2D eigenvalue weighted by molar-refractivity contribution is 5.21. The Morgan fingerprint density at radius 3 is 2.78 bits per heavy atom. The standard InChI is InChI=1S/C16H26N2/c1-4-13-6-7-14(9-13)16(18-5-2)15-8-12(3)10-17-11-15/h8,10-11,13-14,16,18H,4-7,9H2,1-3H3. The summed E-state index contributed by atoms with van der Waals surface area (Å²) in [5, 5.41) is 3.67. The van der Waals surface area contributed by atoms with E-state index in [-0.39, 0.29) is 0 Å². The first-order chi connectivity index (χ1) is 8.74. The summed E-state index contributed by atoms with van der Waals surface area (Å²) in [4.78, 5) is 4.36. The van der Waals surface area contributed by atoms with E-state index in [1.165, 1.54) is 36.8 Å². The molecule has 1 N–H and O–H groups in total. The van der Waals surface area contributed by atoms with Crippen LogP contribution in [0, 0.1) is 18.8 Å². The Hall–Kier alpha value is -0.890. The third kappa shape index (κ3) is 3.11. The minimum atomic E-state index is 0.499. The number of rotatable bonds is 5. The highest BCUT2D eigenvalue weighted by Gasteiger charge is 2.30. The topological polar surface area (TPSA) is 24.9 Å². The fourth-order valence-corrected chi connectivity index (χ4v) is 3.31. The third-order valence-corrected chi connectivity index (χ3v) is 4.31. The number of hydrogen-bond acceptors (Lipinski definition) is 2. The van der Waals surface area contributed by atoms with E-state index in [1.807, 2.05) is 12.4 Å². The van der Waals surface area contributed by atoms with Crippen molar-refractivity contribution in [2.24, 2.45) is 11.8 Å². The highest BCUT2D eigenvalue weighted by atomic mass is 14.9. The molecule has 1 aliphatic carbocycles. The van der Waals surface area contributed by atoms with Crippen molar-refractivity contribution in [3.05, 3.63) is 29.6 Å². The van der Waals surface area contributed by atoms with Gasteiger partial charge in [-0.15, -0.1) is 0 Å². The summed E-state index contributed by atoms with van der Waals surface area (Å²) in [6.07, 6.45) is 9.46. The molecule has 0 aromatic carbocycles. The van der Waals surface area contributed by atoms with Gasteiger partial charge >= 0.3 is 0 Å². The molecule has 1 aliphatic rings. The Bertz CT molecular complexity index is 375. The summed E-state index contributed by atoms with van der Waals surface area (Å²) in [6, 6.07) is 2.79. The molecule has 0 radical (unpaired) electrons. The average Bonchev–Trinajstić information content (AvgIpc) is 2.84. The molecule has 2 rings (SSSR count). The fourth-order valence-electron chi connectivity index (χ4n) is 3.31. The molecule has 0 bridgehead atoms. The Balaban J connectivity index is 2.13. The summed E-state index contributed by atoms with van der Waals surface area (Å²) in [7, 11) is 0. The van der Waals surface area contributed by atoms with Crippen LogP contribution in [0.4, 0.5) is 0 Å². The molecule has 1 aromatic heterocycles. The van der Waals surface area contributed by atoms with Crippen LogP contribution in [-0.4, -0.2) is 11.5 Å². The second-order valence-electron chi connectivity index (χ2n) is 5.68. The van der Waals surface area contributed by atoms with Gasteiger partial charge in [-0.25, -0.2) is 0 Å². The van der Waals surface area contributed by atoms with E-state index in [9.17, 15) is 0 Å². The molecular weight excluding hydrogens is 220 g/mol. The van der Waals surface area contributed by atoms with Crippen LogP contribution in [0.5, 0.6) is 0 Å². The smallest absolute Gasteiger partial charge is 0.0364 e. The van der Waals surface area contributed by atoms with E-state index in [0.717, 1.165) is 18.4 Å². The van der Waals surface area contributed by atoms with Crippen molar-refractivity contribution in [1.82, 2.24) is 10.3 Å². The molecule has 0 saturated heterocycles. The van der Waals surface area contributed by atoms with Gasteiger partial charge in [0.2, 0.25) is 0 Å². The van der Waals surface area contributed by atoms with Crippen LogP contribution in [0.15, 0.2) is 18.5 Å². The normalized spacial score (nSPS) is 25.3. The van der Waals surface area contributed by atoms with E-state index in [1.54, 1.807) is 0 Å². The number of hydrogen-bond donors (Lipinski definition) is 1. The van der Waals surface area contributed by atoms with Gasteiger partial charge in [0.05, 0.1) is 0 Å². The fraction of sp³-hybridized carbons (Fsp3) is 0.688. The maximum absolute atomic E-state index is 4.36. The van der Waals surface area contributed by atoms with Gasteiger partial charge in [0.1, 0.15) is 0 Å². The molecule has 1 saturated carbocycles. The van der Waals surface area contributed by atoms with Gasteiger partial charge in [-0.05, 0) is 49.3 Å². The van der Waals surface area contributed by atoms with Gasteiger partial charge in [-0.2, -0.15) is 0 Å². The predicted octanol–water partition coefficient (Wildman–Crippen LogP) is 3.87. The lowest BCUT2D eigenvalue weighted by Crippen LogP contribution is -2.27. The molecule has 2 heteroatoms. The van der Waals surface area contributed by atoms with Gasteiger partial charge in [-0.3, -0.25) is 4.98 Å². The highest BCUT2D eigenvalue weighted by Crippen LogP contribution is 2.40. The van der Waals surface area contributed by atoms with Gasteiger partial charge < -0.3 is 5.32 Å². The quantitative estimate of drug-likeness (QED) is 0.853. The minimum absolute atomic E-state index is 0.499. The minimum Gasteiger partial charge on any atom is -0.310 e. The van der Waals surface area contributed by atoms with Crippen LogP contribution < -0.4 is 5.32 Å².